The number of hydrogen-bond acceptors (Lipinski definition) is 3. The topological polar surface area (TPSA) is 55.6 Å². The maximum Gasteiger partial charge on any atom is 0.228 e. The van der Waals surface area contributed by atoms with Crippen molar-refractivity contribution in [3.63, 3.8) is 0 Å². The molecule has 0 radical (unpaired) electrons. The van der Waals surface area contributed by atoms with Crippen molar-refractivity contribution in [2.75, 3.05) is 18.9 Å². The van der Waals surface area contributed by atoms with E-state index in [9.17, 15) is 4.79 Å². The third kappa shape index (κ3) is 3.26. The zero-order valence-electron chi connectivity index (χ0n) is 11.6. The molecule has 1 aliphatic heterocycles. The summed E-state index contributed by atoms with van der Waals surface area (Å²) in [7, 11) is 0. The Morgan fingerprint density at radius 2 is 2.32 bits per heavy atom. The smallest absolute Gasteiger partial charge is 0.228 e. The van der Waals surface area contributed by atoms with Crippen LogP contribution in [0.3, 0.4) is 0 Å². The molecule has 1 aromatic rings. The van der Waals surface area contributed by atoms with Crippen LogP contribution in [0.1, 0.15) is 25.8 Å². The van der Waals surface area contributed by atoms with Crippen LogP contribution in [0.25, 0.3) is 0 Å². The molecule has 1 aliphatic rings. The summed E-state index contributed by atoms with van der Waals surface area (Å²) >= 11 is 0. The fourth-order valence-corrected chi connectivity index (χ4v) is 2.55. The Morgan fingerprint density at radius 3 is 2.89 bits per heavy atom. The maximum absolute atomic E-state index is 12.5. The predicted molar refractivity (Wildman–Crippen MR) is 75.5 cm³/mol. The van der Waals surface area contributed by atoms with Gasteiger partial charge in [-0.25, -0.2) is 0 Å². The fourth-order valence-electron chi connectivity index (χ4n) is 2.55. The molecule has 0 spiro atoms. The monoisotopic (exact) mass is 262 g/mol. The Labute approximate surface area is 114 Å². The normalized spacial score (nSPS) is 22.4. The number of nitrogens with two attached hydrogens (primary N) is 1. The van der Waals surface area contributed by atoms with E-state index in [1.165, 1.54) is 0 Å². The Hall–Kier alpha value is -1.55. The molecule has 2 N–H and O–H groups in total. The third-order valence-electron chi connectivity index (χ3n) is 3.71. The average Bonchev–Trinajstić information content (AvgIpc) is 2.81. The van der Waals surface area contributed by atoms with E-state index in [0.717, 1.165) is 17.7 Å². The maximum atomic E-state index is 12.5. The number of amides is 1. The van der Waals surface area contributed by atoms with Gasteiger partial charge in [0, 0.05) is 25.4 Å². The molecule has 4 heteroatoms. The second-order valence-electron chi connectivity index (χ2n) is 5.07. The van der Waals surface area contributed by atoms with Crippen molar-refractivity contribution in [3.05, 3.63) is 29.8 Å². The zero-order valence-corrected chi connectivity index (χ0v) is 11.6. The second-order valence-corrected chi connectivity index (χ2v) is 5.07. The van der Waals surface area contributed by atoms with Gasteiger partial charge in [0.25, 0.3) is 0 Å². The van der Waals surface area contributed by atoms with E-state index in [1.807, 2.05) is 43.0 Å². The van der Waals surface area contributed by atoms with Crippen LogP contribution >= 0.6 is 0 Å². The van der Waals surface area contributed by atoms with E-state index in [0.29, 0.717) is 19.7 Å². The highest BCUT2D eigenvalue weighted by molar-refractivity contribution is 5.79. The molecule has 0 aliphatic carbocycles. The number of hydrogen-bond donors (Lipinski definition) is 1. The molecule has 104 valence electrons. The van der Waals surface area contributed by atoms with Gasteiger partial charge in [-0.3, -0.25) is 4.79 Å². The summed E-state index contributed by atoms with van der Waals surface area (Å²) in [6, 6.07) is 7.70. The number of rotatable bonds is 4. The molecule has 1 heterocycles. The SMILES string of the molecule is CCN(Cc1cccc(N)c1)C(=O)C1CCOC1C. The number of anilines is 1. The Kier molecular flexibility index (Phi) is 4.43. The molecule has 1 fully saturated rings. The Bertz CT molecular complexity index is 448. The largest absolute Gasteiger partial charge is 0.399 e. The lowest BCUT2D eigenvalue weighted by Gasteiger charge is -2.25. The van der Waals surface area contributed by atoms with E-state index in [1.54, 1.807) is 0 Å². The molecule has 19 heavy (non-hydrogen) atoms. The highest BCUT2D eigenvalue weighted by atomic mass is 16.5. The van der Waals surface area contributed by atoms with Crippen LogP contribution in [-0.4, -0.2) is 30.1 Å². The number of carbonyl (C=O) groups excluding carboxylic acids is 1. The zero-order chi connectivity index (χ0) is 13.8. The highest BCUT2D eigenvalue weighted by Gasteiger charge is 2.33. The molecular formula is C15H22N2O2. The lowest BCUT2D eigenvalue weighted by molar-refractivity contribution is -0.137. The summed E-state index contributed by atoms with van der Waals surface area (Å²) in [6.07, 6.45) is 0.857. The first-order chi connectivity index (χ1) is 9.11. The highest BCUT2D eigenvalue weighted by Crippen LogP contribution is 2.23. The predicted octanol–water partition coefficient (Wildman–Crippen LogP) is 2.04. The van der Waals surface area contributed by atoms with E-state index in [2.05, 4.69) is 0 Å². The van der Waals surface area contributed by atoms with Gasteiger partial charge in [-0.1, -0.05) is 12.1 Å². The first-order valence-corrected chi connectivity index (χ1v) is 6.86. The second kappa shape index (κ2) is 6.06. The van der Waals surface area contributed by atoms with Crippen molar-refractivity contribution in [3.8, 4) is 0 Å². The first-order valence-electron chi connectivity index (χ1n) is 6.86. The van der Waals surface area contributed by atoms with Gasteiger partial charge >= 0.3 is 0 Å². The molecule has 1 saturated heterocycles. The van der Waals surface area contributed by atoms with E-state index in [-0.39, 0.29) is 17.9 Å². The average molecular weight is 262 g/mol. The summed E-state index contributed by atoms with van der Waals surface area (Å²) in [4.78, 5) is 14.4. The number of nitrogen functional groups attached to an aromatic ring is 1. The summed E-state index contributed by atoms with van der Waals surface area (Å²) in [5.41, 5.74) is 7.58. The van der Waals surface area contributed by atoms with Crippen molar-refractivity contribution in [2.24, 2.45) is 5.92 Å². The van der Waals surface area contributed by atoms with Crippen LogP contribution in [0.5, 0.6) is 0 Å². The number of ether oxygens (including phenoxy) is 1. The fraction of sp³-hybridized carbons (Fsp3) is 0.533. The molecule has 2 unspecified atom stereocenters. The van der Waals surface area contributed by atoms with E-state index in [4.69, 9.17) is 10.5 Å². The van der Waals surface area contributed by atoms with Crippen LogP contribution in [0.2, 0.25) is 0 Å². The van der Waals surface area contributed by atoms with Gasteiger partial charge in [-0.15, -0.1) is 0 Å². The van der Waals surface area contributed by atoms with E-state index >= 15 is 0 Å². The van der Waals surface area contributed by atoms with Crippen molar-refractivity contribution in [2.45, 2.75) is 32.9 Å². The number of nitrogens with zero attached hydrogens (tertiary/aromatic N) is 1. The van der Waals surface area contributed by atoms with Gasteiger partial charge in [0.2, 0.25) is 5.91 Å². The van der Waals surface area contributed by atoms with Gasteiger partial charge in [0.1, 0.15) is 0 Å². The van der Waals surface area contributed by atoms with Crippen molar-refractivity contribution in [1.29, 1.82) is 0 Å². The van der Waals surface area contributed by atoms with Crippen molar-refractivity contribution in [1.82, 2.24) is 4.90 Å². The lowest BCUT2D eigenvalue weighted by atomic mass is 10.0. The van der Waals surface area contributed by atoms with Gasteiger partial charge in [-0.2, -0.15) is 0 Å². The molecule has 2 atom stereocenters. The van der Waals surface area contributed by atoms with Gasteiger partial charge in [-0.05, 0) is 38.0 Å². The minimum Gasteiger partial charge on any atom is -0.399 e. The van der Waals surface area contributed by atoms with Crippen LogP contribution in [0, 0.1) is 5.92 Å². The quantitative estimate of drug-likeness (QED) is 0.845. The van der Waals surface area contributed by atoms with Crippen LogP contribution in [-0.2, 0) is 16.1 Å². The minimum atomic E-state index is 0.000934. The summed E-state index contributed by atoms with van der Waals surface area (Å²) in [6.45, 7) is 5.99. The molecule has 0 bridgehead atoms. The molecule has 2 rings (SSSR count). The van der Waals surface area contributed by atoms with Gasteiger partial charge < -0.3 is 15.4 Å². The molecule has 0 aromatic heterocycles. The summed E-state index contributed by atoms with van der Waals surface area (Å²) in [5.74, 6) is 0.191. The minimum absolute atomic E-state index is 0.000934. The lowest BCUT2D eigenvalue weighted by Crippen LogP contribution is -2.38. The molecule has 1 amide bonds. The van der Waals surface area contributed by atoms with Crippen LogP contribution in [0.4, 0.5) is 5.69 Å². The van der Waals surface area contributed by atoms with Gasteiger partial charge in [0.05, 0.1) is 12.0 Å². The standard InChI is InChI=1S/C15H22N2O2/c1-3-17(10-12-5-4-6-13(16)9-12)15(18)14-7-8-19-11(14)2/h4-6,9,11,14H,3,7-8,10,16H2,1-2H3. The molecule has 4 nitrogen and oxygen atoms in total. The van der Waals surface area contributed by atoms with Gasteiger partial charge in [0.15, 0.2) is 0 Å². The molecular weight excluding hydrogens is 240 g/mol. The number of benzene rings is 1. The molecule has 1 aromatic carbocycles. The van der Waals surface area contributed by atoms with Crippen molar-refractivity contribution < 1.29 is 9.53 Å². The summed E-state index contributed by atoms with van der Waals surface area (Å²) in [5, 5.41) is 0. The Morgan fingerprint density at radius 1 is 1.53 bits per heavy atom. The first kappa shape index (κ1) is 13.9. The van der Waals surface area contributed by atoms with E-state index < -0.39 is 0 Å². The van der Waals surface area contributed by atoms with Crippen LogP contribution in [0.15, 0.2) is 24.3 Å². The van der Waals surface area contributed by atoms with Crippen LogP contribution < -0.4 is 5.73 Å². The third-order valence-corrected chi connectivity index (χ3v) is 3.71. The van der Waals surface area contributed by atoms with Crippen molar-refractivity contribution >= 4 is 11.6 Å². The Balaban J connectivity index is 2.05. The number of carbonyl (C=O) groups is 1. The summed E-state index contributed by atoms with van der Waals surface area (Å²) < 4.78 is 5.48. The molecule has 0 saturated carbocycles.